The van der Waals surface area contributed by atoms with Crippen molar-refractivity contribution in [1.82, 2.24) is 10.3 Å². The van der Waals surface area contributed by atoms with Gasteiger partial charge in [0.25, 0.3) is 5.91 Å². The Balaban J connectivity index is 1.35. The van der Waals surface area contributed by atoms with E-state index in [1.54, 1.807) is 24.3 Å². The number of halogens is 4. The van der Waals surface area contributed by atoms with Crippen LogP contribution in [-0.2, 0) is 4.79 Å². The molecule has 2 N–H and O–H groups in total. The zero-order chi connectivity index (χ0) is 21.0. The molecule has 152 valence electrons. The molecule has 3 aliphatic rings. The first-order valence-electron chi connectivity index (χ1n) is 9.03. The van der Waals surface area contributed by atoms with E-state index in [0.29, 0.717) is 21.3 Å². The minimum absolute atomic E-state index is 0.0986. The summed E-state index contributed by atoms with van der Waals surface area (Å²) >= 11 is 23.6. The maximum Gasteiger partial charge on any atom is 0.251 e. The van der Waals surface area contributed by atoms with Crippen LogP contribution >= 0.6 is 46.4 Å². The fraction of sp³-hybridized carbons (Fsp3) is 0.350. The molecule has 2 amide bonds. The fourth-order valence-corrected chi connectivity index (χ4v) is 4.99. The Morgan fingerprint density at radius 2 is 1.72 bits per heavy atom. The van der Waals surface area contributed by atoms with Gasteiger partial charge in [-0.25, -0.2) is 4.98 Å². The second-order valence-electron chi connectivity index (χ2n) is 7.96. The van der Waals surface area contributed by atoms with Crippen LogP contribution in [0.3, 0.4) is 0 Å². The summed E-state index contributed by atoms with van der Waals surface area (Å²) in [4.78, 5) is 29.1. The molecule has 0 spiro atoms. The number of nitrogens with zero attached hydrogens (tertiary/aromatic N) is 1. The number of benzene rings is 1. The molecule has 1 aromatic carbocycles. The van der Waals surface area contributed by atoms with Crippen molar-refractivity contribution in [2.24, 2.45) is 11.3 Å². The summed E-state index contributed by atoms with van der Waals surface area (Å²) in [5.41, 5.74) is 0.628. The van der Waals surface area contributed by atoms with Crippen LogP contribution in [0.15, 0.2) is 30.5 Å². The molecule has 5 rings (SSSR count). The van der Waals surface area contributed by atoms with Gasteiger partial charge in [0.05, 0.1) is 27.0 Å². The Labute approximate surface area is 188 Å². The second kappa shape index (κ2) is 7.31. The Kier molecular flexibility index (Phi) is 5.23. The van der Waals surface area contributed by atoms with Gasteiger partial charge in [-0.05, 0) is 48.9 Å². The first-order valence-corrected chi connectivity index (χ1v) is 10.5. The zero-order valence-corrected chi connectivity index (χ0v) is 18.4. The van der Waals surface area contributed by atoms with Gasteiger partial charge in [-0.3, -0.25) is 9.59 Å². The van der Waals surface area contributed by atoms with Crippen molar-refractivity contribution in [1.29, 1.82) is 0 Å². The number of hydrogen-bond acceptors (Lipinski definition) is 3. The van der Waals surface area contributed by atoms with Crippen LogP contribution in [0, 0.1) is 11.3 Å². The van der Waals surface area contributed by atoms with E-state index in [-0.39, 0.29) is 38.9 Å². The number of amides is 2. The maximum atomic E-state index is 12.7. The summed E-state index contributed by atoms with van der Waals surface area (Å²) in [6.07, 6.45) is 3.77. The lowest BCUT2D eigenvalue weighted by Crippen LogP contribution is -2.77. The minimum atomic E-state index is -0.247. The molecule has 3 fully saturated rings. The van der Waals surface area contributed by atoms with Crippen molar-refractivity contribution in [2.75, 3.05) is 5.32 Å². The maximum absolute atomic E-state index is 12.7. The summed E-state index contributed by atoms with van der Waals surface area (Å²) in [7, 11) is 0. The van der Waals surface area contributed by atoms with Crippen LogP contribution in [0.4, 0.5) is 5.69 Å². The molecule has 0 aliphatic heterocycles. The number of pyridine rings is 1. The SMILES string of the molecule is C[C@H](C(=O)Nc1cnc(Cl)c(Cl)c1)C12CC(NC(=O)c3ccc(Cl)c(Cl)c3)(C1)C2. The van der Waals surface area contributed by atoms with Gasteiger partial charge < -0.3 is 10.6 Å². The number of carbonyl (C=O) groups excluding carboxylic acids is 2. The topological polar surface area (TPSA) is 71.1 Å². The molecular weight excluding hydrogens is 456 g/mol. The summed E-state index contributed by atoms with van der Waals surface area (Å²) in [6.45, 7) is 1.91. The van der Waals surface area contributed by atoms with Crippen molar-refractivity contribution >= 4 is 63.9 Å². The zero-order valence-electron chi connectivity index (χ0n) is 15.4. The van der Waals surface area contributed by atoms with Crippen LogP contribution in [0.25, 0.3) is 0 Å². The number of carbonyl (C=O) groups is 2. The molecule has 3 saturated carbocycles. The molecule has 0 saturated heterocycles. The third-order valence-electron chi connectivity index (χ3n) is 6.01. The van der Waals surface area contributed by atoms with Crippen molar-refractivity contribution in [3.63, 3.8) is 0 Å². The highest BCUT2D eigenvalue weighted by atomic mass is 35.5. The highest BCUT2D eigenvalue weighted by Crippen LogP contribution is 2.70. The van der Waals surface area contributed by atoms with Gasteiger partial charge in [-0.1, -0.05) is 53.3 Å². The molecule has 9 heteroatoms. The average Bonchev–Trinajstić information content (AvgIpc) is 2.61. The molecule has 2 aromatic rings. The van der Waals surface area contributed by atoms with E-state index in [2.05, 4.69) is 15.6 Å². The number of anilines is 1. The summed E-state index contributed by atoms with van der Waals surface area (Å²) in [5.74, 6) is -0.495. The van der Waals surface area contributed by atoms with Crippen LogP contribution < -0.4 is 10.6 Å². The second-order valence-corrected chi connectivity index (χ2v) is 9.54. The number of hydrogen-bond donors (Lipinski definition) is 2. The van der Waals surface area contributed by atoms with Crippen LogP contribution in [0.5, 0.6) is 0 Å². The van der Waals surface area contributed by atoms with Gasteiger partial charge in [0.1, 0.15) is 5.15 Å². The standard InChI is InChI=1S/C20H17Cl4N3O2/c1-10(17(28)26-12-5-15(23)16(24)25-6-12)19-7-20(8-19,9-19)27-18(29)11-2-3-13(21)14(22)4-11/h2-6,10H,7-9H2,1H3,(H,26,28)(H,27,29)/t10-,19?,20?/m1/s1. The molecule has 5 nitrogen and oxygen atoms in total. The van der Waals surface area contributed by atoms with Crippen molar-refractivity contribution < 1.29 is 9.59 Å². The molecule has 3 aliphatic carbocycles. The van der Waals surface area contributed by atoms with Crippen LogP contribution in [-0.4, -0.2) is 22.3 Å². The minimum Gasteiger partial charge on any atom is -0.347 e. The normalized spacial score (nSPS) is 25.4. The summed E-state index contributed by atoms with van der Waals surface area (Å²) in [5, 5.41) is 7.16. The molecular formula is C20H17Cl4N3O2. The van der Waals surface area contributed by atoms with Crippen molar-refractivity contribution in [3.05, 3.63) is 56.2 Å². The third-order valence-corrected chi connectivity index (χ3v) is 7.43. The third kappa shape index (κ3) is 3.70. The van der Waals surface area contributed by atoms with E-state index in [1.165, 1.54) is 6.20 Å². The lowest BCUT2D eigenvalue weighted by atomic mass is 9.36. The van der Waals surface area contributed by atoms with E-state index >= 15 is 0 Å². The number of nitrogens with one attached hydrogen (secondary N) is 2. The van der Waals surface area contributed by atoms with Crippen molar-refractivity contribution in [2.45, 2.75) is 31.7 Å². The van der Waals surface area contributed by atoms with Crippen molar-refractivity contribution in [3.8, 4) is 0 Å². The molecule has 0 radical (unpaired) electrons. The van der Waals surface area contributed by atoms with Gasteiger partial charge in [-0.2, -0.15) is 0 Å². The highest BCUT2D eigenvalue weighted by Gasteiger charge is 2.71. The predicted octanol–water partition coefficient (Wildman–Crippen LogP) is 5.62. The number of aromatic nitrogens is 1. The molecule has 29 heavy (non-hydrogen) atoms. The monoisotopic (exact) mass is 471 g/mol. The molecule has 1 aromatic heterocycles. The molecule has 1 heterocycles. The van der Waals surface area contributed by atoms with E-state index in [1.807, 2.05) is 6.92 Å². The molecule has 2 bridgehead atoms. The Bertz CT molecular complexity index is 1010. The first kappa shape index (κ1) is 20.7. The predicted molar refractivity (Wildman–Crippen MR) is 115 cm³/mol. The average molecular weight is 473 g/mol. The van der Waals surface area contributed by atoms with Crippen LogP contribution in [0.2, 0.25) is 20.2 Å². The van der Waals surface area contributed by atoms with Gasteiger partial charge in [-0.15, -0.1) is 0 Å². The smallest absolute Gasteiger partial charge is 0.251 e. The molecule has 0 unspecified atom stereocenters. The number of rotatable bonds is 5. The van der Waals surface area contributed by atoms with E-state index in [4.69, 9.17) is 46.4 Å². The molecule has 1 atom stereocenters. The fourth-order valence-electron chi connectivity index (χ4n) is 4.43. The van der Waals surface area contributed by atoms with Gasteiger partial charge >= 0.3 is 0 Å². The Morgan fingerprint density at radius 3 is 2.34 bits per heavy atom. The largest absolute Gasteiger partial charge is 0.347 e. The lowest BCUT2D eigenvalue weighted by Gasteiger charge is -2.72. The quantitative estimate of drug-likeness (QED) is 0.554. The van der Waals surface area contributed by atoms with Gasteiger partial charge in [0.15, 0.2) is 0 Å². The Morgan fingerprint density at radius 1 is 1.03 bits per heavy atom. The lowest BCUT2D eigenvalue weighted by molar-refractivity contribution is -0.184. The van der Waals surface area contributed by atoms with Gasteiger partial charge in [0, 0.05) is 17.0 Å². The van der Waals surface area contributed by atoms with E-state index < -0.39 is 0 Å². The van der Waals surface area contributed by atoms with E-state index in [0.717, 1.165) is 19.3 Å². The Hall–Kier alpha value is -1.53. The summed E-state index contributed by atoms with van der Waals surface area (Å²) in [6, 6.07) is 6.38. The first-order chi connectivity index (χ1) is 13.6. The highest BCUT2D eigenvalue weighted by molar-refractivity contribution is 6.42. The summed E-state index contributed by atoms with van der Waals surface area (Å²) < 4.78 is 0. The van der Waals surface area contributed by atoms with Gasteiger partial charge in [0.2, 0.25) is 5.91 Å². The van der Waals surface area contributed by atoms with Crippen LogP contribution in [0.1, 0.15) is 36.5 Å². The van der Waals surface area contributed by atoms with E-state index in [9.17, 15) is 9.59 Å².